The molecule has 0 aliphatic rings. The van der Waals surface area contributed by atoms with Crippen molar-refractivity contribution >= 4 is 11.6 Å². The van der Waals surface area contributed by atoms with Crippen LogP contribution in [0, 0.1) is 0 Å². The smallest absolute Gasteiger partial charge is 0.0593 e. The van der Waals surface area contributed by atoms with Crippen molar-refractivity contribution < 1.29 is 4.74 Å². The minimum Gasteiger partial charge on any atom is -0.380 e. The highest BCUT2D eigenvalue weighted by Crippen LogP contribution is 2.11. The van der Waals surface area contributed by atoms with Gasteiger partial charge >= 0.3 is 0 Å². The summed E-state index contributed by atoms with van der Waals surface area (Å²) in [5.41, 5.74) is 1.24. The SMILES string of the molecule is CCOCCN(C)Cc1cccc(Cl)c1. The Kier molecular flexibility index (Phi) is 5.69. The largest absolute Gasteiger partial charge is 0.380 e. The first kappa shape index (κ1) is 12.5. The van der Waals surface area contributed by atoms with E-state index in [1.807, 2.05) is 25.1 Å². The van der Waals surface area contributed by atoms with Gasteiger partial charge in [0.05, 0.1) is 6.61 Å². The third-order valence-electron chi connectivity index (χ3n) is 2.16. The molecule has 0 radical (unpaired) electrons. The molecule has 1 aromatic carbocycles. The quantitative estimate of drug-likeness (QED) is 0.693. The van der Waals surface area contributed by atoms with Gasteiger partial charge in [0.2, 0.25) is 0 Å². The Bertz CT molecular complexity index is 291. The molecule has 84 valence electrons. The molecule has 0 aliphatic carbocycles. The van der Waals surface area contributed by atoms with E-state index in [9.17, 15) is 0 Å². The van der Waals surface area contributed by atoms with Crippen LogP contribution in [0.2, 0.25) is 5.02 Å². The lowest BCUT2D eigenvalue weighted by atomic mass is 10.2. The number of likely N-dealkylation sites (N-methyl/N-ethyl adjacent to an activating group) is 1. The Balaban J connectivity index is 2.34. The molecule has 1 rings (SSSR count). The molecule has 1 aromatic rings. The number of benzene rings is 1. The third-order valence-corrected chi connectivity index (χ3v) is 2.40. The van der Waals surface area contributed by atoms with Gasteiger partial charge in [0, 0.05) is 24.7 Å². The maximum Gasteiger partial charge on any atom is 0.0593 e. The molecule has 0 unspecified atom stereocenters. The van der Waals surface area contributed by atoms with Gasteiger partial charge in [-0.2, -0.15) is 0 Å². The van der Waals surface area contributed by atoms with E-state index in [2.05, 4.69) is 18.0 Å². The van der Waals surface area contributed by atoms with Crippen LogP contribution >= 0.6 is 11.6 Å². The average Bonchev–Trinajstić information content (AvgIpc) is 2.18. The number of ether oxygens (including phenoxy) is 1. The average molecular weight is 228 g/mol. The van der Waals surface area contributed by atoms with E-state index in [0.29, 0.717) is 0 Å². The normalized spacial score (nSPS) is 10.9. The van der Waals surface area contributed by atoms with Crippen LogP contribution in [0.4, 0.5) is 0 Å². The molecule has 3 heteroatoms. The molecular weight excluding hydrogens is 210 g/mol. The molecule has 15 heavy (non-hydrogen) atoms. The second kappa shape index (κ2) is 6.83. The van der Waals surface area contributed by atoms with Gasteiger partial charge in [-0.05, 0) is 31.7 Å². The van der Waals surface area contributed by atoms with Gasteiger partial charge in [0.1, 0.15) is 0 Å². The summed E-state index contributed by atoms with van der Waals surface area (Å²) < 4.78 is 5.30. The zero-order valence-corrected chi connectivity index (χ0v) is 10.1. The van der Waals surface area contributed by atoms with Crippen LogP contribution in [0.25, 0.3) is 0 Å². The van der Waals surface area contributed by atoms with E-state index in [-0.39, 0.29) is 0 Å². The van der Waals surface area contributed by atoms with E-state index in [1.54, 1.807) is 0 Å². The second-order valence-electron chi connectivity index (χ2n) is 3.56. The summed E-state index contributed by atoms with van der Waals surface area (Å²) in [5, 5.41) is 0.797. The predicted octanol–water partition coefficient (Wildman–Crippen LogP) is 2.81. The molecule has 0 saturated carbocycles. The van der Waals surface area contributed by atoms with Crippen LogP contribution in [0.15, 0.2) is 24.3 Å². The summed E-state index contributed by atoms with van der Waals surface area (Å²) in [6, 6.07) is 7.96. The van der Waals surface area contributed by atoms with Crippen molar-refractivity contribution in [1.82, 2.24) is 4.90 Å². The fraction of sp³-hybridized carbons (Fsp3) is 0.500. The summed E-state index contributed by atoms with van der Waals surface area (Å²) in [6.45, 7) is 5.43. The molecule has 2 nitrogen and oxygen atoms in total. The van der Waals surface area contributed by atoms with E-state index >= 15 is 0 Å². The molecule has 0 N–H and O–H groups in total. The minimum atomic E-state index is 0.783. The number of hydrogen-bond acceptors (Lipinski definition) is 2. The van der Waals surface area contributed by atoms with Crippen molar-refractivity contribution in [3.8, 4) is 0 Å². The minimum absolute atomic E-state index is 0.783. The van der Waals surface area contributed by atoms with Crippen molar-refractivity contribution in [3.05, 3.63) is 34.9 Å². The number of nitrogens with zero attached hydrogens (tertiary/aromatic N) is 1. The van der Waals surface area contributed by atoms with Crippen LogP contribution in [0.5, 0.6) is 0 Å². The van der Waals surface area contributed by atoms with Crippen LogP contribution in [0.1, 0.15) is 12.5 Å². The van der Waals surface area contributed by atoms with Crippen LogP contribution in [0.3, 0.4) is 0 Å². The Labute approximate surface area is 96.8 Å². The van der Waals surface area contributed by atoms with Crippen molar-refractivity contribution in [1.29, 1.82) is 0 Å². The lowest BCUT2D eigenvalue weighted by Crippen LogP contribution is -2.22. The van der Waals surface area contributed by atoms with E-state index in [0.717, 1.165) is 31.3 Å². The number of rotatable bonds is 6. The molecule has 0 aliphatic heterocycles. The molecular formula is C12H18ClNO. The maximum absolute atomic E-state index is 5.91. The standard InChI is InChI=1S/C12H18ClNO/c1-3-15-8-7-14(2)10-11-5-4-6-12(13)9-11/h4-6,9H,3,7-8,10H2,1-2H3. The van der Waals surface area contributed by atoms with Gasteiger partial charge in [-0.25, -0.2) is 0 Å². The number of halogens is 1. The molecule has 0 atom stereocenters. The first-order chi connectivity index (χ1) is 7.22. The van der Waals surface area contributed by atoms with Gasteiger partial charge in [0.25, 0.3) is 0 Å². The topological polar surface area (TPSA) is 12.5 Å². The zero-order valence-electron chi connectivity index (χ0n) is 9.37. The van der Waals surface area contributed by atoms with Crippen LogP contribution in [-0.2, 0) is 11.3 Å². The highest BCUT2D eigenvalue weighted by Gasteiger charge is 2.00. The molecule has 0 aromatic heterocycles. The molecule has 0 saturated heterocycles. The molecule has 0 heterocycles. The van der Waals surface area contributed by atoms with Crippen molar-refractivity contribution in [2.45, 2.75) is 13.5 Å². The summed E-state index contributed by atoms with van der Waals surface area (Å²) in [4.78, 5) is 2.22. The van der Waals surface area contributed by atoms with Crippen LogP contribution in [-0.4, -0.2) is 31.7 Å². The van der Waals surface area contributed by atoms with Crippen molar-refractivity contribution in [2.24, 2.45) is 0 Å². The van der Waals surface area contributed by atoms with E-state index in [1.165, 1.54) is 5.56 Å². The van der Waals surface area contributed by atoms with Gasteiger partial charge in [-0.3, -0.25) is 4.90 Å². The Hall–Kier alpha value is -0.570. The predicted molar refractivity (Wildman–Crippen MR) is 64.3 cm³/mol. The van der Waals surface area contributed by atoms with Gasteiger partial charge < -0.3 is 4.74 Å². The number of hydrogen-bond donors (Lipinski definition) is 0. The fourth-order valence-corrected chi connectivity index (χ4v) is 1.60. The monoisotopic (exact) mass is 227 g/mol. The molecule has 0 bridgehead atoms. The van der Waals surface area contributed by atoms with Gasteiger partial charge in [0.15, 0.2) is 0 Å². The molecule has 0 amide bonds. The van der Waals surface area contributed by atoms with Crippen molar-refractivity contribution in [3.63, 3.8) is 0 Å². The Morgan fingerprint density at radius 2 is 2.20 bits per heavy atom. The second-order valence-corrected chi connectivity index (χ2v) is 4.00. The lowest BCUT2D eigenvalue weighted by Gasteiger charge is -2.16. The highest BCUT2D eigenvalue weighted by molar-refractivity contribution is 6.30. The van der Waals surface area contributed by atoms with Crippen LogP contribution < -0.4 is 0 Å². The Morgan fingerprint density at radius 1 is 1.40 bits per heavy atom. The zero-order chi connectivity index (χ0) is 11.1. The lowest BCUT2D eigenvalue weighted by molar-refractivity contribution is 0.120. The third kappa shape index (κ3) is 5.17. The summed E-state index contributed by atoms with van der Waals surface area (Å²) in [7, 11) is 2.08. The van der Waals surface area contributed by atoms with E-state index < -0.39 is 0 Å². The highest BCUT2D eigenvalue weighted by atomic mass is 35.5. The molecule has 0 fully saturated rings. The first-order valence-electron chi connectivity index (χ1n) is 5.23. The van der Waals surface area contributed by atoms with Gasteiger partial charge in [-0.1, -0.05) is 23.7 Å². The van der Waals surface area contributed by atoms with Crippen molar-refractivity contribution in [2.75, 3.05) is 26.8 Å². The first-order valence-corrected chi connectivity index (χ1v) is 5.61. The molecule has 0 spiro atoms. The fourth-order valence-electron chi connectivity index (χ4n) is 1.39. The maximum atomic E-state index is 5.91. The Morgan fingerprint density at radius 3 is 2.87 bits per heavy atom. The van der Waals surface area contributed by atoms with Gasteiger partial charge in [-0.15, -0.1) is 0 Å². The van der Waals surface area contributed by atoms with E-state index in [4.69, 9.17) is 16.3 Å². The summed E-state index contributed by atoms with van der Waals surface area (Å²) >= 11 is 5.91. The summed E-state index contributed by atoms with van der Waals surface area (Å²) in [6.07, 6.45) is 0. The summed E-state index contributed by atoms with van der Waals surface area (Å²) in [5.74, 6) is 0.